The van der Waals surface area contributed by atoms with E-state index in [0.29, 0.717) is 34.5 Å². The summed E-state index contributed by atoms with van der Waals surface area (Å²) in [7, 11) is 1.34. The number of hydrogen-bond acceptors (Lipinski definition) is 7. The van der Waals surface area contributed by atoms with Crippen LogP contribution in [0.5, 0.6) is 0 Å². The zero-order chi connectivity index (χ0) is 19.2. The second-order valence-corrected chi connectivity index (χ2v) is 6.03. The van der Waals surface area contributed by atoms with Gasteiger partial charge in [-0.25, -0.2) is 14.8 Å². The number of nitrogens with one attached hydrogen (secondary N) is 2. The average Bonchev–Trinajstić information content (AvgIpc) is 2.69. The average molecular weight is 384 g/mol. The van der Waals surface area contributed by atoms with Gasteiger partial charge in [-0.3, -0.25) is 0 Å². The van der Waals surface area contributed by atoms with E-state index in [1.54, 1.807) is 24.3 Å². The monoisotopic (exact) mass is 383 g/mol. The Hall–Kier alpha value is -3.32. The van der Waals surface area contributed by atoms with Crippen molar-refractivity contribution >= 4 is 40.6 Å². The molecule has 0 spiro atoms. The van der Waals surface area contributed by atoms with E-state index in [4.69, 9.17) is 17.3 Å². The highest BCUT2D eigenvalue weighted by atomic mass is 35.5. The summed E-state index contributed by atoms with van der Waals surface area (Å²) < 4.78 is 4.68. The summed E-state index contributed by atoms with van der Waals surface area (Å²) in [5, 5.41) is 6.95. The molecule has 27 heavy (non-hydrogen) atoms. The molecule has 0 bridgehead atoms. The molecule has 0 aliphatic carbocycles. The van der Waals surface area contributed by atoms with Crippen molar-refractivity contribution in [2.24, 2.45) is 0 Å². The highest BCUT2D eigenvalue weighted by molar-refractivity contribution is 6.31. The van der Waals surface area contributed by atoms with Crippen LogP contribution in [-0.2, 0) is 11.3 Å². The quantitative estimate of drug-likeness (QED) is 0.555. The van der Waals surface area contributed by atoms with Crippen LogP contribution in [0.15, 0.2) is 54.9 Å². The van der Waals surface area contributed by atoms with Gasteiger partial charge in [0.05, 0.1) is 12.7 Å². The first-order chi connectivity index (χ1) is 13.1. The molecular weight excluding hydrogens is 366 g/mol. The van der Waals surface area contributed by atoms with E-state index in [1.165, 1.54) is 13.4 Å². The maximum Gasteiger partial charge on any atom is 0.337 e. The number of methoxy groups -OCH3 is 1. The molecule has 0 atom stereocenters. The first kappa shape index (κ1) is 18.5. The topological polar surface area (TPSA) is 102 Å². The van der Waals surface area contributed by atoms with E-state index in [1.807, 2.05) is 24.3 Å². The van der Waals surface area contributed by atoms with Gasteiger partial charge in [0, 0.05) is 17.3 Å². The molecule has 3 aromatic rings. The first-order valence-electron chi connectivity index (χ1n) is 8.11. The lowest BCUT2D eigenvalue weighted by molar-refractivity contribution is 0.0601. The number of esters is 1. The third kappa shape index (κ3) is 4.45. The lowest BCUT2D eigenvalue weighted by Gasteiger charge is -2.13. The Bertz CT molecular complexity index is 947. The normalized spacial score (nSPS) is 10.3. The van der Waals surface area contributed by atoms with Crippen LogP contribution in [0.25, 0.3) is 0 Å². The van der Waals surface area contributed by atoms with E-state index in [0.717, 1.165) is 11.3 Å². The number of anilines is 4. The van der Waals surface area contributed by atoms with Crippen molar-refractivity contribution < 1.29 is 9.53 Å². The number of hydrogen-bond donors (Lipinski definition) is 3. The number of carbonyl (C=O) groups excluding carboxylic acids is 1. The largest absolute Gasteiger partial charge is 0.465 e. The van der Waals surface area contributed by atoms with Gasteiger partial charge in [0.15, 0.2) is 11.6 Å². The number of rotatable bonds is 6. The molecule has 138 valence electrons. The fourth-order valence-corrected chi connectivity index (χ4v) is 2.60. The molecule has 0 amide bonds. The number of nitrogens with zero attached hydrogens (tertiary/aromatic N) is 2. The Kier molecular flexibility index (Phi) is 5.73. The van der Waals surface area contributed by atoms with Gasteiger partial charge >= 0.3 is 5.97 Å². The number of aromatic nitrogens is 2. The Morgan fingerprint density at radius 3 is 2.52 bits per heavy atom. The Morgan fingerprint density at radius 1 is 1.11 bits per heavy atom. The molecule has 0 fully saturated rings. The van der Waals surface area contributed by atoms with Crippen LogP contribution >= 0.6 is 11.6 Å². The van der Waals surface area contributed by atoms with E-state index < -0.39 is 5.97 Å². The van der Waals surface area contributed by atoms with Crippen LogP contribution in [-0.4, -0.2) is 23.0 Å². The number of halogens is 1. The Balaban J connectivity index is 1.73. The summed E-state index contributed by atoms with van der Waals surface area (Å²) in [5.74, 6) is 0.560. The maximum absolute atomic E-state index is 11.5. The lowest BCUT2D eigenvalue weighted by atomic mass is 10.2. The molecule has 0 saturated heterocycles. The molecule has 0 radical (unpaired) electrons. The van der Waals surface area contributed by atoms with E-state index in [2.05, 4.69) is 25.3 Å². The minimum absolute atomic E-state index is 0.376. The number of ether oxygens (including phenoxy) is 1. The molecule has 0 aliphatic heterocycles. The third-order valence-electron chi connectivity index (χ3n) is 3.86. The minimum Gasteiger partial charge on any atom is -0.465 e. The van der Waals surface area contributed by atoms with Crippen molar-refractivity contribution in [3.63, 3.8) is 0 Å². The summed E-state index contributed by atoms with van der Waals surface area (Å²) >= 11 is 6.17. The molecule has 2 aromatic carbocycles. The molecule has 4 N–H and O–H groups in total. The Morgan fingerprint density at radius 2 is 1.81 bits per heavy atom. The number of nitrogens with two attached hydrogens (primary N) is 1. The zero-order valence-corrected chi connectivity index (χ0v) is 15.3. The van der Waals surface area contributed by atoms with E-state index in [9.17, 15) is 4.79 Å². The number of benzene rings is 2. The van der Waals surface area contributed by atoms with Crippen LogP contribution in [0.4, 0.5) is 23.0 Å². The van der Waals surface area contributed by atoms with Crippen LogP contribution in [0.1, 0.15) is 15.9 Å². The third-order valence-corrected chi connectivity index (χ3v) is 4.23. The molecule has 1 aromatic heterocycles. The molecule has 8 heteroatoms. The van der Waals surface area contributed by atoms with Gasteiger partial charge in [-0.15, -0.1) is 0 Å². The second-order valence-electron chi connectivity index (χ2n) is 5.62. The Labute approximate surface area is 161 Å². The number of carbonyl (C=O) groups is 1. The first-order valence-corrected chi connectivity index (χ1v) is 8.49. The van der Waals surface area contributed by atoms with Gasteiger partial charge in [-0.1, -0.05) is 29.8 Å². The van der Waals surface area contributed by atoms with Gasteiger partial charge < -0.3 is 21.1 Å². The summed E-state index contributed by atoms with van der Waals surface area (Å²) in [6, 6.07) is 14.3. The predicted molar refractivity (Wildman–Crippen MR) is 106 cm³/mol. The molecule has 7 nitrogen and oxygen atoms in total. The molecule has 0 unspecified atom stereocenters. The molecule has 0 saturated carbocycles. The van der Waals surface area contributed by atoms with Crippen molar-refractivity contribution in [3.05, 3.63) is 71.0 Å². The van der Waals surface area contributed by atoms with Gasteiger partial charge in [-0.05, 0) is 35.9 Å². The number of nitrogen functional groups attached to an aromatic ring is 1. The summed E-state index contributed by atoms with van der Waals surface area (Å²) in [4.78, 5) is 19.9. The molecule has 0 aliphatic rings. The lowest BCUT2D eigenvalue weighted by Crippen LogP contribution is -2.08. The van der Waals surface area contributed by atoms with Gasteiger partial charge in [-0.2, -0.15) is 0 Å². The smallest absolute Gasteiger partial charge is 0.337 e. The second kappa shape index (κ2) is 8.37. The molecular formula is C19H18ClN5O2. The van der Waals surface area contributed by atoms with Crippen molar-refractivity contribution in [2.45, 2.75) is 6.54 Å². The standard InChI is InChI=1S/C19H18ClN5O2/c1-27-19(26)12-6-8-14(9-7-12)25-18-16(21)17(23-11-24-18)22-10-13-4-2-3-5-15(13)20/h2-9,11H,10,21H2,1H3,(H2,22,23,24,25). The SMILES string of the molecule is COC(=O)c1ccc(Nc2ncnc(NCc3ccccc3Cl)c2N)cc1. The van der Waals surface area contributed by atoms with Crippen molar-refractivity contribution in [2.75, 3.05) is 23.5 Å². The van der Waals surface area contributed by atoms with Gasteiger partial charge in [0.1, 0.15) is 12.0 Å². The fraction of sp³-hybridized carbons (Fsp3) is 0.105. The highest BCUT2D eigenvalue weighted by Crippen LogP contribution is 2.27. The van der Waals surface area contributed by atoms with E-state index in [-0.39, 0.29) is 0 Å². The van der Waals surface area contributed by atoms with Crippen LogP contribution in [0.3, 0.4) is 0 Å². The highest BCUT2D eigenvalue weighted by Gasteiger charge is 2.10. The predicted octanol–water partition coefficient (Wildman–Crippen LogP) is 3.85. The zero-order valence-electron chi connectivity index (χ0n) is 14.6. The van der Waals surface area contributed by atoms with Crippen LogP contribution < -0.4 is 16.4 Å². The van der Waals surface area contributed by atoms with Gasteiger partial charge in [0.25, 0.3) is 0 Å². The van der Waals surface area contributed by atoms with Crippen molar-refractivity contribution in [1.82, 2.24) is 9.97 Å². The van der Waals surface area contributed by atoms with Crippen LogP contribution in [0.2, 0.25) is 5.02 Å². The summed E-state index contributed by atoms with van der Waals surface area (Å²) in [6.45, 7) is 0.480. The fourth-order valence-electron chi connectivity index (χ4n) is 2.40. The minimum atomic E-state index is -0.394. The molecule has 1 heterocycles. The van der Waals surface area contributed by atoms with E-state index >= 15 is 0 Å². The van der Waals surface area contributed by atoms with Gasteiger partial charge in [0.2, 0.25) is 0 Å². The molecule has 3 rings (SSSR count). The summed E-state index contributed by atoms with van der Waals surface area (Å²) in [5.41, 5.74) is 8.67. The summed E-state index contributed by atoms with van der Waals surface area (Å²) in [6.07, 6.45) is 1.41. The van der Waals surface area contributed by atoms with Crippen molar-refractivity contribution in [3.8, 4) is 0 Å². The van der Waals surface area contributed by atoms with Crippen LogP contribution in [0, 0.1) is 0 Å². The van der Waals surface area contributed by atoms with Crippen molar-refractivity contribution in [1.29, 1.82) is 0 Å². The maximum atomic E-state index is 11.5.